The number of oxime groups is 1. The molecule has 21 heavy (non-hydrogen) atoms. The van der Waals surface area contributed by atoms with E-state index in [2.05, 4.69) is 10.5 Å². The Morgan fingerprint density at radius 3 is 2.52 bits per heavy atom. The van der Waals surface area contributed by atoms with Crippen molar-refractivity contribution in [2.75, 3.05) is 5.32 Å². The number of benzene rings is 2. The lowest BCUT2D eigenvalue weighted by Gasteiger charge is -2.10. The molecule has 1 N–H and O–H groups in total. The smallest absolute Gasteiger partial charge is 0.267 e. The maximum absolute atomic E-state index is 12.8. The van der Waals surface area contributed by atoms with E-state index in [1.165, 1.54) is 30.5 Å². The molecule has 0 aromatic heterocycles. The molecule has 1 atom stereocenters. The zero-order valence-corrected chi connectivity index (χ0v) is 11.5. The Morgan fingerprint density at radius 2 is 1.86 bits per heavy atom. The van der Waals surface area contributed by atoms with Crippen LogP contribution >= 0.6 is 0 Å². The van der Waals surface area contributed by atoms with Gasteiger partial charge in [0.25, 0.3) is 5.91 Å². The summed E-state index contributed by atoms with van der Waals surface area (Å²) in [6.45, 7) is 1.58. The van der Waals surface area contributed by atoms with Crippen molar-refractivity contribution in [3.05, 3.63) is 66.0 Å². The molecule has 4 nitrogen and oxygen atoms in total. The van der Waals surface area contributed by atoms with Crippen LogP contribution in [0, 0.1) is 5.82 Å². The minimum absolute atomic E-state index is 0.355. The Kier molecular flexibility index (Phi) is 5.04. The Bertz CT molecular complexity index is 612. The van der Waals surface area contributed by atoms with Crippen molar-refractivity contribution < 1.29 is 14.0 Å². The Labute approximate surface area is 122 Å². The molecule has 108 valence electrons. The second-order valence-electron chi connectivity index (χ2n) is 4.39. The van der Waals surface area contributed by atoms with Crippen LogP contribution in [0.25, 0.3) is 0 Å². The number of carbonyl (C=O) groups is 1. The van der Waals surface area contributed by atoms with E-state index in [0.29, 0.717) is 5.69 Å². The number of anilines is 1. The van der Waals surface area contributed by atoms with Gasteiger partial charge in [0.2, 0.25) is 6.10 Å². The number of nitrogens with one attached hydrogen (secondary N) is 1. The van der Waals surface area contributed by atoms with Gasteiger partial charge in [-0.3, -0.25) is 4.79 Å². The Balaban J connectivity index is 1.85. The summed E-state index contributed by atoms with van der Waals surface area (Å²) < 4.78 is 12.8. The molecule has 0 aliphatic carbocycles. The van der Waals surface area contributed by atoms with Crippen LogP contribution in [0.1, 0.15) is 12.5 Å². The van der Waals surface area contributed by atoms with E-state index in [4.69, 9.17) is 4.84 Å². The summed E-state index contributed by atoms with van der Waals surface area (Å²) in [6.07, 6.45) is 0.775. The first-order valence-electron chi connectivity index (χ1n) is 6.46. The van der Waals surface area contributed by atoms with Gasteiger partial charge in [-0.15, -0.1) is 0 Å². The molecule has 2 aromatic rings. The highest BCUT2D eigenvalue weighted by molar-refractivity contribution is 5.93. The summed E-state index contributed by atoms with van der Waals surface area (Å²) in [4.78, 5) is 16.9. The van der Waals surface area contributed by atoms with E-state index in [9.17, 15) is 9.18 Å². The predicted octanol–water partition coefficient (Wildman–Crippen LogP) is 3.20. The molecule has 0 spiro atoms. The van der Waals surface area contributed by atoms with E-state index in [-0.39, 0.29) is 11.7 Å². The van der Waals surface area contributed by atoms with Crippen LogP contribution in [-0.2, 0) is 9.63 Å². The van der Waals surface area contributed by atoms with Crippen LogP contribution in [0.15, 0.2) is 59.8 Å². The molecular formula is C16H15FN2O2. The number of carbonyl (C=O) groups excluding carboxylic acids is 1. The fourth-order valence-corrected chi connectivity index (χ4v) is 1.55. The lowest BCUT2D eigenvalue weighted by atomic mass is 10.2. The molecular weight excluding hydrogens is 271 g/mol. The number of hydrogen-bond donors (Lipinski definition) is 1. The van der Waals surface area contributed by atoms with Crippen molar-refractivity contribution in [1.29, 1.82) is 0 Å². The maximum atomic E-state index is 12.8. The van der Waals surface area contributed by atoms with Gasteiger partial charge in [-0.1, -0.05) is 35.5 Å². The third-order valence-corrected chi connectivity index (χ3v) is 2.70. The summed E-state index contributed by atoms with van der Waals surface area (Å²) in [5.41, 5.74) is 1.38. The molecule has 1 unspecified atom stereocenters. The minimum atomic E-state index is -0.755. The van der Waals surface area contributed by atoms with Crippen LogP contribution < -0.4 is 5.32 Å². The maximum Gasteiger partial charge on any atom is 0.267 e. The van der Waals surface area contributed by atoms with Gasteiger partial charge in [0.1, 0.15) is 5.82 Å². The van der Waals surface area contributed by atoms with Crippen LogP contribution in [0.4, 0.5) is 10.1 Å². The molecule has 0 saturated heterocycles. The van der Waals surface area contributed by atoms with Gasteiger partial charge in [0, 0.05) is 5.69 Å². The Hall–Kier alpha value is -2.69. The summed E-state index contributed by atoms with van der Waals surface area (Å²) in [7, 11) is 0. The first-order valence-corrected chi connectivity index (χ1v) is 6.46. The van der Waals surface area contributed by atoms with Gasteiger partial charge >= 0.3 is 0 Å². The van der Waals surface area contributed by atoms with Crippen molar-refractivity contribution in [3.8, 4) is 0 Å². The van der Waals surface area contributed by atoms with Crippen LogP contribution in [-0.4, -0.2) is 18.2 Å². The van der Waals surface area contributed by atoms with Crippen molar-refractivity contribution in [3.63, 3.8) is 0 Å². The molecule has 0 saturated carbocycles. The van der Waals surface area contributed by atoms with Crippen LogP contribution in [0.5, 0.6) is 0 Å². The second-order valence-corrected chi connectivity index (χ2v) is 4.39. The zero-order valence-electron chi connectivity index (χ0n) is 11.5. The van der Waals surface area contributed by atoms with Gasteiger partial charge in [-0.25, -0.2) is 4.39 Å². The number of halogens is 1. The number of hydrogen-bond acceptors (Lipinski definition) is 3. The standard InChI is InChI=1S/C16H15FN2O2/c1-12(21-18-11-13-5-3-2-4-6-13)16(20)19-15-9-7-14(17)8-10-15/h2-12H,1H3,(H,19,20)/b18-11+. The van der Waals surface area contributed by atoms with E-state index in [1.54, 1.807) is 6.92 Å². The SMILES string of the molecule is CC(O/N=C/c1ccccc1)C(=O)Nc1ccc(F)cc1. The molecule has 5 heteroatoms. The molecule has 0 heterocycles. The highest BCUT2D eigenvalue weighted by Gasteiger charge is 2.14. The molecule has 0 fully saturated rings. The molecule has 0 aliphatic heterocycles. The van der Waals surface area contributed by atoms with Crippen molar-refractivity contribution >= 4 is 17.8 Å². The molecule has 2 rings (SSSR count). The first kappa shape index (κ1) is 14.7. The summed E-state index contributed by atoms with van der Waals surface area (Å²) >= 11 is 0. The van der Waals surface area contributed by atoms with Gasteiger partial charge < -0.3 is 10.2 Å². The zero-order chi connectivity index (χ0) is 15.1. The largest absolute Gasteiger partial charge is 0.383 e. The number of amides is 1. The van der Waals surface area contributed by atoms with Gasteiger partial charge in [-0.05, 0) is 36.8 Å². The van der Waals surface area contributed by atoms with E-state index in [0.717, 1.165) is 5.56 Å². The molecule has 0 bridgehead atoms. The third-order valence-electron chi connectivity index (χ3n) is 2.70. The van der Waals surface area contributed by atoms with Gasteiger partial charge in [0.15, 0.2) is 0 Å². The quantitative estimate of drug-likeness (QED) is 0.678. The molecule has 0 aliphatic rings. The van der Waals surface area contributed by atoms with Gasteiger partial charge in [0.05, 0.1) is 6.21 Å². The summed E-state index contributed by atoms with van der Waals surface area (Å²) in [5.74, 6) is -0.712. The second kappa shape index (κ2) is 7.19. The number of nitrogens with zero attached hydrogens (tertiary/aromatic N) is 1. The van der Waals surface area contributed by atoms with Crippen LogP contribution in [0.2, 0.25) is 0 Å². The fraction of sp³-hybridized carbons (Fsp3) is 0.125. The van der Waals surface area contributed by atoms with Crippen molar-refractivity contribution in [2.24, 2.45) is 5.16 Å². The number of rotatable bonds is 5. The monoisotopic (exact) mass is 286 g/mol. The third kappa shape index (κ3) is 4.72. The van der Waals surface area contributed by atoms with Crippen molar-refractivity contribution in [2.45, 2.75) is 13.0 Å². The van der Waals surface area contributed by atoms with E-state index in [1.807, 2.05) is 30.3 Å². The van der Waals surface area contributed by atoms with Gasteiger partial charge in [-0.2, -0.15) is 0 Å². The average Bonchev–Trinajstić information content (AvgIpc) is 2.50. The Morgan fingerprint density at radius 1 is 1.19 bits per heavy atom. The fourth-order valence-electron chi connectivity index (χ4n) is 1.55. The lowest BCUT2D eigenvalue weighted by Crippen LogP contribution is -2.26. The van der Waals surface area contributed by atoms with E-state index >= 15 is 0 Å². The van der Waals surface area contributed by atoms with Crippen LogP contribution in [0.3, 0.4) is 0 Å². The summed E-state index contributed by atoms with van der Waals surface area (Å²) in [6, 6.07) is 14.9. The van der Waals surface area contributed by atoms with E-state index < -0.39 is 6.10 Å². The average molecular weight is 286 g/mol. The summed E-state index contributed by atoms with van der Waals surface area (Å²) in [5, 5.41) is 6.39. The topological polar surface area (TPSA) is 50.7 Å². The molecule has 2 aromatic carbocycles. The molecule has 1 amide bonds. The highest BCUT2D eigenvalue weighted by atomic mass is 19.1. The highest BCUT2D eigenvalue weighted by Crippen LogP contribution is 2.09. The minimum Gasteiger partial charge on any atom is -0.383 e. The first-order chi connectivity index (χ1) is 10.1. The lowest BCUT2D eigenvalue weighted by molar-refractivity contribution is -0.126. The predicted molar refractivity (Wildman–Crippen MR) is 79.6 cm³/mol. The normalized spacial score (nSPS) is 12.1. The van der Waals surface area contributed by atoms with Crippen molar-refractivity contribution in [1.82, 2.24) is 0 Å². The molecule has 0 radical (unpaired) electrons.